The van der Waals surface area contributed by atoms with Gasteiger partial charge in [-0.05, 0) is 25.8 Å². The lowest BCUT2D eigenvalue weighted by Crippen LogP contribution is -2.45. The summed E-state index contributed by atoms with van der Waals surface area (Å²) in [5.41, 5.74) is 0.965. The Morgan fingerprint density at radius 1 is 1.35 bits per heavy atom. The number of piperidine rings is 1. The molecule has 1 atom stereocenters. The van der Waals surface area contributed by atoms with E-state index in [0.29, 0.717) is 21.6 Å². The van der Waals surface area contributed by atoms with Crippen LogP contribution in [-0.2, 0) is 10.8 Å². The van der Waals surface area contributed by atoms with E-state index in [1.165, 1.54) is 0 Å². The zero-order valence-electron chi connectivity index (χ0n) is 14.4. The maximum atomic E-state index is 12.4. The number of H-pyrrole nitrogens is 1. The summed E-state index contributed by atoms with van der Waals surface area (Å²) in [7, 11) is -1.21. The molecular formula is C16H19Cl2N5O2S. The van der Waals surface area contributed by atoms with Gasteiger partial charge in [0.1, 0.15) is 11.5 Å². The molecule has 0 aliphatic carbocycles. The van der Waals surface area contributed by atoms with E-state index in [1.807, 2.05) is 0 Å². The van der Waals surface area contributed by atoms with E-state index in [0.717, 1.165) is 31.7 Å². The molecule has 0 bridgehead atoms. The molecule has 10 heteroatoms. The number of carbonyl (C=O) groups excluding carboxylic acids is 1. The second kappa shape index (κ2) is 7.94. The van der Waals surface area contributed by atoms with Crippen LogP contribution in [-0.4, -0.2) is 50.5 Å². The van der Waals surface area contributed by atoms with E-state index >= 15 is 0 Å². The fraction of sp³-hybridized carbons (Fsp3) is 0.438. The summed E-state index contributed by atoms with van der Waals surface area (Å²) in [6.45, 7) is 3.23. The van der Waals surface area contributed by atoms with Gasteiger partial charge in [0, 0.05) is 37.3 Å². The fourth-order valence-electron chi connectivity index (χ4n) is 2.88. The minimum absolute atomic E-state index is 0.0406. The molecule has 0 spiro atoms. The molecule has 2 N–H and O–H groups in total. The molecule has 26 heavy (non-hydrogen) atoms. The van der Waals surface area contributed by atoms with Crippen LogP contribution in [0.25, 0.3) is 0 Å². The number of hydrogen-bond acceptors (Lipinski definition) is 5. The van der Waals surface area contributed by atoms with Gasteiger partial charge in [-0.1, -0.05) is 23.2 Å². The molecule has 1 saturated heterocycles. The van der Waals surface area contributed by atoms with Crippen molar-refractivity contribution in [2.45, 2.75) is 31.0 Å². The van der Waals surface area contributed by atoms with Crippen molar-refractivity contribution in [2.75, 3.05) is 24.2 Å². The van der Waals surface area contributed by atoms with Crippen LogP contribution in [0.3, 0.4) is 0 Å². The molecule has 1 unspecified atom stereocenters. The lowest BCUT2D eigenvalue weighted by molar-refractivity contribution is 0.0926. The average Bonchev–Trinajstić information content (AvgIpc) is 2.90. The maximum Gasteiger partial charge on any atom is 0.269 e. The molecule has 140 valence electrons. The van der Waals surface area contributed by atoms with E-state index in [2.05, 4.69) is 25.2 Å². The van der Waals surface area contributed by atoms with Gasteiger partial charge < -0.3 is 15.2 Å². The maximum absolute atomic E-state index is 12.4. The molecule has 1 fully saturated rings. The SMILES string of the molecule is Cc1[nH]c(C(=O)NC2CCN(c3ccnc(S(C)=O)n3)CC2)c(Cl)c1Cl. The van der Waals surface area contributed by atoms with Gasteiger partial charge in [-0.15, -0.1) is 0 Å². The molecule has 2 aromatic rings. The number of carbonyl (C=O) groups is 1. The molecule has 3 rings (SSSR count). The molecule has 3 heterocycles. The van der Waals surface area contributed by atoms with Gasteiger partial charge in [0.25, 0.3) is 5.91 Å². The molecule has 1 amide bonds. The Labute approximate surface area is 164 Å². The Bertz CT molecular complexity index is 849. The van der Waals surface area contributed by atoms with Gasteiger partial charge in [0.15, 0.2) is 0 Å². The van der Waals surface area contributed by atoms with Crippen molar-refractivity contribution in [3.05, 3.63) is 33.7 Å². The van der Waals surface area contributed by atoms with E-state index in [1.54, 1.807) is 25.4 Å². The summed E-state index contributed by atoms with van der Waals surface area (Å²) in [5.74, 6) is 0.499. The number of amides is 1. The van der Waals surface area contributed by atoms with Gasteiger partial charge in [-0.3, -0.25) is 9.00 Å². The summed E-state index contributed by atoms with van der Waals surface area (Å²) in [4.78, 5) is 25.8. The lowest BCUT2D eigenvalue weighted by Gasteiger charge is -2.33. The zero-order chi connectivity index (χ0) is 18.8. The first-order valence-electron chi connectivity index (χ1n) is 8.12. The normalized spacial score (nSPS) is 16.5. The summed E-state index contributed by atoms with van der Waals surface area (Å²) in [6.07, 6.45) is 4.71. The number of aryl methyl sites for hydroxylation is 1. The topological polar surface area (TPSA) is 91.0 Å². The Kier molecular flexibility index (Phi) is 5.84. The predicted molar refractivity (Wildman–Crippen MR) is 103 cm³/mol. The van der Waals surface area contributed by atoms with Gasteiger partial charge in [0.05, 0.1) is 20.8 Å². The highest BCUT2D eigenvalue weighted by atomic mass is 35.5. The van der Waals surface area contributed by atoms with E-state index in [4.69, 9.17) is 23.2 Å². The van der Waals surface area contributed by atoms with Crippen LogP contribution in [0.15, 0.2) is 17.4 Å². The third-order valence-corrected chi connectivity index (χ3v) is 5.97. The largest absolute Gasteiger partial charge is 0.356 e. The van der Waals surface area contributed by atoms with Gasteiger partial charge >= 0.3 is 0 Å². The Hall–Kier alpha value is -1.64. The Morgan fingerprint density at radius 2 is 2.04 bits per heavy atom. The molecule has 1 aliphatic heterocycles. The minimum Gasteiger partial charge on any atom is -0.356 e. The lowest BCUT2D eigenvalue weighted by atomic mass is 10.0. The van der Waals surface area contributed by atoms with Crippen molar-refractivity contribution in [2.24, 2.45) is 0 Å². The van der Waals surface area contributed by atoms with Crippen molar-refractivity contribution in [3.63, 3.8) is 0 Å². The van der Waals surface area contributed by atoms with Crippen molar-refractivity contribution in [1.82, 2.24) is 20.3 Å². The molecule has 0 saturated carbocycles. The summed E-state index contributed by atoms with van der Waals surface area (Å²) < 4.78 is 11.5. The number of hydrogen-bond donors (Lipinski definition) is 2. The molecular weight excluding hydrogens is 397 g/mol. The highest BCUT2D eigenvalue weighted by Gasteiger charge is 2.25. The standard InChI is InChI=1S/C16H19Cl2N5O2S/c1-9-12(17)13(18)14(20-9)15(24)21-10-4-7-23(8-5-10)11-3-6-19-16(22-11)26(2)25/h3,6,10,20H,4-5,7-8H2,1-2H3,(H,21,24). The average molecular weight is 416 g/mol. The van der Waals surface area contributed by atoms with E-state index in [9.17, 15) is 9.00 Å². The van der Waals surface area contributed by atoms with Gasteiger partial charge in [-0.25, -0.2) is 9.97 Å². The summed E-state index contributed by atoms with van der Waals surface area (Å²) in [5, 5.41) is 3.95. The number of nitrogens with one attached hydrogen (secondary N) is 2. The van der Waals surface area contributed by atoms with Gasteiger partial charge in [0.2, 0.25) is 5.16 Å². The van der Waals surface area contributed by atoms with Crippen LogP contribution in [0.1, 0.15) is 29.0 Å². The van der Waals surface area contributed by atoms with E-state index < -0.39 is 10.8 Å². The number of nitrogens with zero attached hydrogens (tertiary/aromatic N) is 3. The number of aromatic amines is 1. The number of aromatic nitrogens is 3. The molecule has 7 nitrogen and oxygen atoms in total. The van der Waals surface area contributed by atoms with Crippen molar-refractivity contribution >= 4 is 45.7 Å². The van der Waals surface area contributed by atoms with Crippen LogP contribution in [0.5, 0.6) is 0 Å². The highest BCUT2D eigenvalue weighted by molar-refractivity contribution is 7.84. The number of rotatable bonds is 4. The third-order valence-electron chi connectivity index (χ3n) is 4.31. The molecule has 0 aromatic carbocycles. The second-order valence-corrected chi connectivity index (χ2v) is 8.17. The second-order valence-electron chi connectivity index (χ2n) is 6.14. The van der Waals surface area contributed by atoms with Crippen molar-refractivity contribution in [3.8, 4) is 0 Å². The minimum atomic E-state index is -1.21. The van der Waals surface area contributed by atoms with Crippen LogP contribution in [0, 0.1) is 6.92 Å². The fourth-order valence-corrected chi connectivity index (χ4v) is 3.73. The van der Waals surface area contributed by atoms with E-state index in [-0.39, 0.29) is 17.0 Å². The first-order valence-corrected chi connectivity index (χ1v) is 10.4. The smallest absolute Gasteiger partial charge is 0.269 e. The van der Waals surface area contributed by atoms with Crippen LogP contribution in [0.2, 0.25) is 10.0 Å². The first kappa shape index (κ1) is 19.1. The number of halogens is 2. The summed E-state index contributed by atoms with van der Waals surface area (Å²) >= 11 is 12.1. The summed E-state index contributed by atoms with van der Waals surface area (Å²) in [6, 6.07) is 1.84. The van der Waals surface area contributed by atoms with Crippen LogP contribution in [0.4, 0.5) is 5.82 Å². The first-order chi connectivity index (χ1) is 12.4. The monoisotopic (exact) mass is 415 g/mol. The van der Waals surface area contributed by atoms with Crippen LogP contribution < -0.4 is 10.2 Å². The van der Waals surface area contributed by atoms with Crippen molar-refractivity contribution < 1.29 is 9.00 Å². The Balaban J connectivity index is 1.60. The molecule has 0 radical (unpaired) electrons. The quantitative estimate of drug-likeness (QED) is 0.748. The zero-order valence-corrected chi connectivity index (χ0v) is 16.7. The van der Waals surface area contributed by atoms with Crippen molar-refractivity contribution in [1.29, 1.82) is 0 Å². The third kappa shape index (κ3) is 4.02. The molecule has 2 aromatic heterocycles. The Morgan fingerprint density at radius 3 is 2.62 bits per heavy atom. The highest BCUT2D eigenvalue weighted by Crippen LogP contribution is 2.29. The van der Waals surface area contributed by atoms with Gasteiger partial charge in [-0.2, -0.15) is 0 Å². The van der Waals surface area contributed by atoms with Crippen LogP contribution >= 0.6 is 23.2 Å². The number of anilines is 1. The molecule has 1 aliphatic rings. The predicted octanol–water partition coefficient (Wildman–Crippen LogP) is 2.56.